The van der Waals surface area contributed by atoms with Crippen molar-refractivity contribution in [3.8, 4) is 0 Å². The molecule has 0 bridgehead atoms. The zero-order chi connectivity index (χ0) is 16.1. The quantitative estimate of drug-likeness (QED) is 0.798. The van der Waals surface area contributed by atoms with Gasteiger partial charge in [0.05, 0.1) is 12.0 Å². The number of hydrogen-bond acceptors (Lipinski definition) is 4. The number of amides is 1. The molecule has 1 saturated carbocycles. The van der Waals surface area contributed by atoms with E-state index in [0.717, 1.165) is 36.8 Å². The molecule has 0 unspecified atom stereocenters. The van der Waals surface area contributed by atoms with Crippen molar-refractivity contribution in [1.82, 2.24) is 20.1 Å². The SMILES string of the molecule is Cl.Cl.NCC1(C(=O)NCc2ccccc2Cn2cncn2)CCCC1. The molecule has 1 fully saturated rings. The van der Waals surface area contributed by atoms with Gasteiger partial charge < -0.3 is 11.1 Å². The fourth-order valence-corrected chi connectivity index (χ4v) is 3.31. The Morgan fingerprint density at radius 2 is 1.88 bits per heavy atom. The van der Waals surface area contributed by atoms with Gasteiger partial charge in [-0.1, -0.05) is 37.1 Å². The van der Waals surface area contributed by atoms with E-state index in [9.17, 15) is 4.79 Å². The highest BCUT2D eigenvalue weighted by atomic mass is 35.5. The number of nitrogens with zero attached hydrogens (tertiary/aromatic N) is 3. The summed E-state index contributed by atoms with van der Waals surface area (Å²) in [6.07, 6.45) is 7.19. The van der Waals surface area contributed by atoms with Crippen molar-refractivity contribution < 1.29 is 4.79 Å². The predicted octanol–water partition coefficient (Wildman–Crippen LogP) is 2.31. The second-order valence-corrected chi connectivity index (χ2v) is 6.24. The number of benzene rings is 1. The van der Waals surface area contributed by atoms with Gasteiger partial charge in [-0.25, -0.2) is 9.67 Å². The van der Waals surface area contributed by atoms with Gasteiger partial charge in [0.2, 0.25) is 5.91 Å². The van der Waals surface area contributed by atoms with Crippen molar-refractivity contribution in [2.24, 2.45) is 11.1 Å². The summed E-state index contributed by atoms with van der Waals surface area (Å²) in [7, 11) is 0. The first-order valence-electron chi connectivity index (χ1n) is 8.11. The number of hydrogen-bond donors (Lipinski definition) is 2. The topological polar surface area (TPSA) is 85.8 Å². The van der Waals surface area contributed by atoms with E-state index in [4.69, 9.17) is 5.73 Å². The third-order valence-electron chi connectivity index (χ3n) is 4.79. The third-order valence-corrected chi connectivity index (χ3v) is 4.79. The van der Waals surface area contributed by atoms with E-state index >= 15 is 0 Å². The van der Waals surface area contributed by atoms with Gasteiger partial charge in [-0.2, -0.15) is 5.10 Å². The molecule has 1 aliphatic carbocycles. The van der Waals surface area contributed by atoms with Crippen molar-refractivity contribution >= 4 is 30.7 Å². The Hall–Kier alpha value is -1.63. The fourth-order valence-electron chi connectivity index (χ4n) is 3.31. The molecular formula is C17H25Cl2N5O. The lowest BCUT2D eigenvalue weighted by Gasteiger charge is -2.26. The summed E-state index contributed by atoms with van der Waals surface area (Å²) in [4.78, 5) is 16.5. The number of carbonyl (C=O) groups excluding carboxylic acids is 1. The molecule has 0 radical (unpaired) electrons. The lowest BCUT2D eigenvalue weighted by Crippen LogP contribution is -2.43. The van der Waals surface area contributed by atoms with Crippen LogP contribution >= 0.6 is 24.8 Å². The molecule has 0 spiro atoms. The Morgan fingerprint density at radius 3 is 2.48 bits per heavy atom. The van der Waals surface area contributed by atoms with E-state index < -0.39 is 0 Å². The number of nitrogens with one attached hydrogen (secondary N) is 1. The van der Waals surface area contributed by atoms with Gasteiger partial charge in [0.25, 0.3) is 0 Å². The van der Waals surface area contributed by atoms with Crippen LogP contribution in [0.1, 0.15) is 36.8 Å². The van der Waals surface area contributed by atoms with Crippen molar-refractivity contribution in [1.29, 1.82) is 0 Å². The Labute approximate surface area is 160 Å². The third kappa shape index (κ3) is 4.93. The highest BCUT2D eigenvalue weighted by Gasteiger charge is 2.39. The van der Waals surface area contributed by atoms with Crippen molar-refractivity contribution in [2.75, 3.05) is 6.54 Å². The Balaban J connectivity index is 0.00000156. The number of rotatable bonds is 6. The molecule has 138 valence electrons. The maximum atomic E-state index is 12.6. The van der Waals surface area contributed by atoms with Crippen molar-refractivity contribution in [2.45, 2.75) is 38.8 Å². The first kappa shape index (κ1) is 21.4. The van der Waals surface area contributed by atoms with Crippen LogP contribution in [-0.2, 0) is 17.9 Å². The average Bonchev–Trinajstić information content (AvgIpc) is 3.26. The zero-order valence-electron chi connectivity index (χ0n) is 14.1. The molecule has 1 aromatic carbocycles. The summed E-state index contributed by atoms with van der Waals surface area (Å²) in [5.74, 6) is 0.0908. The van der Waals surface area contributed by atoms with E-state index in [2.05, 4.69) is 21.5 Å². The molecule has 1 aliphatic rings. The van der Waals surface area contributed by atoms with Crippen LogP contribution in [0.15, 0.2) is 36.9 Å². The molecule has 0 saturated heterocycles. The second-order valence-electron chi connectivity index (χ2n) is 6.24. The van der Waals surface area contributed by atoms with Crippen molar-refractivity contribution in [3.63, 3.8) is 0 Å². The Morgan fingerprint density at radius 1 is 1.20 bits per heavy atom. The molecule has 3 N–H and O–H groups in total. The van der Waals surface area contributed by atoms with E-state index in [-0.39, 0.29) is 36.1 Å². The van der Waals surface area contributed by atoms with E-state index in [1.807, 2.05) is 18.2 Å². The van der Waals surface area contributed by atoms with E-state index in [1.54, 1.807) is 11.0 Å². The van der Waals surface area contributed by atoms with Gasteiger partial charge in [-0.05, 0) is 24.0 Å². The number of nitrogens with two attached hydrogens (primary N) is 1. The van der Waals surface area contributed by atoms with Crippen LogP contribution in [0.4, 0.5) is 0 Å². The second kappa shape index (κ2) is 9.75. The van der Waals surface area contributed by atoms with Crippen LogP contribution in [-0.4, -0.2) is 27.2 Å². The molecule has 6 nitrogen and oxygen atoms in total. The minimum absolute atomic E-state index is 0. The molecular weight excluding hydrogens is 361 g/mol. The first-order chi connectivity index (χ1) is 11.2. The van der Waals surface area contributed by atoms with Gasteiger partial charge in [-0.15, -0.1) is 24.8 Å². The zero-order valence-corrected chi connectivity index (χ0v) is 15.7. The summed E-state index contributed by atoms with van der Waals surface area (Å²) in [5, 5.41) is 7.23. The highest BCUT2D eigenvalue weighted by Crippen LogP contribution is 2.37. The van der Waals surface area contributed by atoms with Crippen LogP contribution in [0, 0.1) is 5.41 Å². The van der Waals surface area contributed by atoms with Gasteiger partial charge in [0.1, 0.15) is 12.7 Å². The Kier molecular flexibility index (Phi) is 8.35. The van der Waals surface area contributed by atoms with Crippen LogP contribution < -0.4 is 11.1 Å². The summed E-state index contributed by atoms with van der Waals surface area (Å²) in [6, 6.07) is 8.07. The van der Waals surface area contributed by atoms with Crippen LogP contribution in [0.2, 0.25) is 0 Å². The summed E-state index contributed by atoms with van der Waals surface area (Å²) >= 11 is 0. The normalized spacial score (nSPS) is 15.1. The summed E-state index contributed by atoms with van der Waals surface area (Å²) in [5.41, 5.74) is 7.75. The average molecular weight is 386 g/mol. The molecule has 2 aromatic rings. The molecule has 0 aliphatic heterocycles. The number of aromatic nitrogens is 3. The Bertz CT molecular complexity index is 657. The fraction of sp³-hybridized carbons (Fsp3) is 0.471. The van der Waals surface area contributed by atoms with Crippen molar-refractivity contribution in [3.05, 3.63) is 48.0 Å². The van der Waals surface area contributed by atoms with Crippen LogP contribution in [0.25, 0.3) is 0 Å². The molecule has 0 atom stereocenters. The van der Waals surface area contributed by atoms with Crippen LogP contribution in [0.5, 0.6) is 0 Å². The molecule has 1 heterocycles. The first-order valence-corrected chi connectivity index (χ1v) is 8.11. The number of halogens is 2. The minimum Gasteiger partial charge on any atom is -0.351 e. The maximum absolute atomic E-state index is 12.6. The van der Waals surface area contributed by atoms with E-state index in [1.165, 1.54) is 6.33 Å². The lowest BCUT2D eigenvalue weighted by atomic mass is 9.85. The molecule has 8 heteroatoms. The molecule has 1 amide bonds. The predicted molar refractivity (Wildman–Crippen MR) is 102 cm³/mol. The molecule has 3 rings (SSSR count). The maximum Gasteiger partial charge on any atom is 0.227 e. The summed E-state index contributed by atoms with van der Waals surface area (Å²) < 4.78 is 1.78. The van der Waals surface area contributed by atoms with Gasteiger partial charge >= 0.3 is 0 Å². The van der Waals surface area contributed by atoms with Gasteiger partial charge in [0.15, 0.2) is 0 Å². The monoisotopic (exact) mass is 385 g/mol. The standard InChI is InChI=1S/C17H23N5O.2ClH/c18-11-17(7-3-4-8-17)16(23)20-9-14-5-1-2-6-15(14)10-22-13-19-12-21-22;;/h1-2,5-6,12-13H,3-4,7-11,18H2,(H,20,23);2*1H. The molecule has 1 aromatic heterocycles. The van der Waals surface area contributed by atoms with Crippen LogP contribution in [0.3, 0.4) is 0 Å². The molecule has 25 heavy (non-hydrogen) atoms. The smallest absolute Gasteiger partial charge is 0.227 e. The lowest BCUT2D eigenvalue weighted by molar-refractivity contribution is -0.130. The summed E-state index contributed by atoms with van der Waals surface area (Å²) in [6.45, 7) is 1.60. The number of carbonyl (C=O) groups is 1. The van der Waals surface area contributed by atoms with Gasteiger partial charge in [-0.3, -0.25) is 4.79 Å². The minimum atomic E-state index is -0.360. The highest BCUT2D eigenvalue weighted by molar-refractivity contribution is 5.85. The largest absolute Gasteiger partial charge is 0.351 e. The van der Waals surface area contributed by atoms with E-state index in [0.29, 0.717) is 19.6 Å². The van der Waals surface area contributed by atoms with Gasteiger partial charge in [0, 0.05) is 13.1 Å².